The van der Waals surface area contributed by atoms with Crippen LogP contribution >= 0.6 is 11.3 Å². The van der Waals surface area contributed by atoms with Crippen molar-refractivity contribution in [3.8, 4) is 0 Å². The summed E-state index contributed by atoms with van der Waals surface area (Å²) < 4.78 is 5.27. The highest BCUT2D eigenvalue weighted by atomic mass is 32.1. The van der Waals surface area contributed by atoms with Crippen molar-refractivity contribution in [2.45, 2.75) is 32.4 Å². The van der Waals surface area contributed by atoms with Gasteiger partial charge in [0.2, 0.25) is 0 Å². The molecule has 126 valence electrons. The Morgan fingerprint density at radius 2 is 2.00 bits per heavy atom. The van der Waals surface area contributed by atoms with Crippen molar-refractivity contribution in [3.63, 3.8) is 0 Å². The lowest BCUT2D eigenvalue weighted by Crippen LogP contribution is -2.59. The lowest BCUT2D eigenvalue weighted by atomic mass is 10.1. The van der Waals surface area contributed by atoms with Crippen LogP contribution in [0.1, 0.15) is 31.1 Å². The lowest BCUT2D eigenvalue weighted by molar-refractivity contribution is -0.144. The molecule has 1 atom stereocenters. The highest BCUT2D eigenvalue weighted by Crippen LogP contribution is 2.18. The minimum atomic E-state index is -1.14. The van der Waals surface area contributed by atoms with Crippen molar-refractivity contribution in [3.05, 3.63) is 22.4 Å². The van der Waals surface area contributed by atoms with E-state index < -0.39 is 23.7 Å². The maximum atomic E-state index is 12.4. The first kappa shape index (κ1) is 17.3. The molecule has 1 aromatic rings. The number of carbonyl (C=O) groups is 3. The maximum Gasteiger partial charge on any atom is 0.410 e. The van der Waals surface area contributed by atoms with Crippen LogP contribution in [0.3, 0.4) is 0 Å². The monoisotopic (exact) mass is 340 g/mol. The topological polar surface area (TPSA) is 87.2 Å². The highest BCUT2D eigenvalue weighted by Gasteiger charge is 2.38. The van der Waals surface area contributed by atoms with Crippen LogP contribution in [-0.4, -0.2) is 64.2 Å². The molecule has 7 nitrogen and oxygen atoms in total. The number of piperazine rings is 1. The van der Waals surface area contributed by atoms with E-state index in [2.05, 4.69) is 0 Å². The Balaban J connectivity index is 2.11. The largest absolute Gasteiger partial charge is 0.480 e. The predicted octanol–water partition coefficient (Wildman–Crippen LogP) is 1.89. The number of rotatable bonds is 2. The standard InChI is InChI=1S/C15H20N2O5S/c1-15(2,3)22-14(21)16-5-6-17(11(8-16)13(19)20)12(18)10-4-7-23-9-10/h4,7,9,11H,5-6,8H2,1-3H3,(H,19,20)/t11-/m0/s1. The van der Waals surface area contributed by atoms with Crippen molar-refractivity contribution in [1.82, 2.24) is 9.80 Å². The first-order valence-corrected chi connectivity index (χ1v) is 8.17. The smallest absolute Gasteiger partial charge is 0.410 e. The number of thiophene rings is 1. The molecule has 1 saturated heterocycles. The quantitative estimate of drug-likeness (QED) is 0.888. The Bertz CT molecular complexity index is 594. The summed E-state index contributed by atoms with van der Waals surface area (Å²) in [6.45, 7) is 5.56. The molecule has 0 aliphatic carbocycles. The summed E-state index contributed by atoms with van der Waals surface area (Å²) in [6.07, 6.45) is -0.564. The fourth-order valence-corrected chi connectivity index (χ4v) is 2.91. The van der Waals surface area contributed by atoms with Crippen LogP contribution in [0, 0.1) is 0 Å². The molecule has 0 bridgehead atoms. The Morgan fingerprint density at radius 1 is 1.30 bits per heavy atom. The number of amides is 2. The van der Waals surface area contributed by atoms with Gasteiger partial charge < -0.3 is 19.6 Å². The van der Waals surface area contributed by atoms with Crippen molar-refractivity contribution in [1.29, 1.82) is 0 Å². The van der Waals surface area contributed by atoms with Crippen LogP contribution in [0.4, 0.5) is 4.79 Å². The Labute approximate surface area is 138 Å². The van der Waals surface area contributed by atoms with E-state index >= 15 is 0 Å². The molecule has 0 saturated carbocycles. The molecule has 23 heavy (non-hydrogen) atoms. The van der Waals surface area contributed by atoms with Crippen LogP contribution in [0.25, 0.3) is 0 Å². The normalized spacial score (nSPS) is 18.7. The summed E-state index contributed by atoms with van der Waals surface area (Å²) >= 11 is 1.37. The number of ether oxygens (including phenoxy) is 1. The molecule has 1 fully saturated rings. The summed E-state index contributed by atoms with van der Waals surface area (Å²) in [4.78, 5) is 38.7. The zero-order chi connectivity index (χ0) is 17.2. The van der Waals surface area contributed by atoms with Crippen LogP contribution in [0.2, 0.25) is 0 Å². The Kier molecular flexibility index (Phi) is 4.93. The highest BCUT2D eigenvalue weighted by molar-refractivity contribution is 7.08. The average molecular weight is 340 g/mol. The van der Waals surface area contributed by atoms with Crippen molar-refractivity contribution in [2.24, 2.45) is 0 Å². The van der Waals surface area contributed by atoms with Gasteiger partial charge in [-0.15, -0.1) is 0 Å². The van der Waals surface area contributed by atoms with Gasteiger partial charge in [-0.3, -0.25) is 4.79 Å². The van der Waals surface area contributed by atoms with E-state index in [1.165, 1.54) is 21.1 Å². The molecule has 2 amide bonds. The molecule has 8 heteroatoms. The molecule has 1 aliphatic rings. The zero-order valence-corrected chi connectivity index (χ0v) is 14.1. The van der Waals surface area contributed by atoms with E-state index in [4.69, 9.17) is 4.74 Å². The molecule has 0 aromatic carbocycles. The molecule has 2 heterocycles. The third-order valence-electron chi connectivity index (χ3n) is 3.35. The third kappa shape index (κ3) is 4.22. The fraction of sp³-hybridized carbons (Fsp3) is 0.533. The van der Waals surface area contributed by atoms with E-state index in [9.17, 15) is 19.5 Å². The molecule has 0 spiro atoms. The van der Waals surface area contributed by atoms with Crippen LogP contribution in [0.5, 0.6) is 0 Å². The minimum absolute atomic E-state index is 0.0832. The van der Waals surface area contributed by atoms with E-state index in [0.29, 0.717) is 5.56 Å². The van der Waals surface area contributed by atoms with E-state index in [0.717, 1.165) is 0 Å². The Morgan fingerprint density at radius 3 is 2.52 bits per heavy atom. The molecular weight excluding hydrogens is 320 g/mol. The third-order valence-corrected chi connectivity index (χ3v) is 4.03. The molecule has 0 radical (unpaired) electrons. The summed E-state index contributed by atoms with van der Waals surface area (Å²) in [5.74, 6) is -1.47. The lowest BCUT2D eigenvalue weighted by Gasteiger charge is -2.39. The Hall–Kier alpha value is -2.09. The molecule has 1 N–H and O–H groups in total. The molecule has 1 aliphatic heterocycles. The molecular formula is C15H20N2O5S. The molecule has 0 unspecified atom stereocenters. The van der Waals surface area contributed by atoms with Crippen LogP contribution in [0.15, 0.2) is 16.8 Å². The van der Waals surface area contributed by atoms with Gasteiger partial charge in [0.1, 0.15) is 11.6 Å². The van der Waals surface area contributed by atoms with Gasteiger partial charge in [-0.2, -0.15) is 11.3 Å². The number of carboxylic acids is 1. The van der Waals surface area contributed by atoms with Gasteiger partial charge in [0.05, 0.1) is 12.1 Å². The SMILES string of the molecule is CC(C)(C)OC(=O)N1CCN(C(=O)c2ccsc2)[C@H](C(=O)O)C1. The fourth-order valence-electron chi connectivity index (χ4n) is 2.28. The predicted molar refractivity (Wildman–Crippen MR) is 84.6 cm³/mol. The second-order valence-corrected chi connectivity index (χ2v) is 7.07. The summed E-state index contributed by atoms with van der Waals surface area (Å²) in [7, 11) is 0. The number of carboxylic acid groups (broad SMARTS) is 1. The minimum Gasteiger partial charge on any atom is -0.480 e. The van der Waals surface area contributed by atoms with Crippen molar-refractivity contribution < 1.29 is 24.2 Å². The summed E-state index contributed by atoms with van der Waals surface area (Å²) in [5, 5.41) is 12.9. The number of hydrogen-bond acceptors (Lipinski definition) is 5. The van der Waals surface area contributed by atoms with Gasteiger partial charge >= 0.3 is 12.1 Å². The molecule has 1 aromatic heterocycles. The van der Waals surface area contributed by atoms with E-state index in [-0.39, 0.29) is 25.5 Å². The van der Waals surface area contributed by atoms with Gasteiger partial charge in [-0.05, 0) is 32.2 Å². The number of aliphatic carboxylic acids is 1. The van der Waals surface area contributed by atoms with E-state index in [1.54, 1.807) is 37.6 Å². The van der Waals surface area contributed by atoms with Crippen LogP contribution < -0.4 is 0 Å². The van der Waals surface area contributed by atoms with Gasteiger partial charge in [-0.1, -0.05) is 0 Å². The van der Waals surface area contributed by atoms with Gasteiger partial charge in [-0.25, -0.2) is 9.59 Å². The maximum absolute atomic E-state index is 12.4. The average Bonchev–Trinajstić information content (AvgIpc) is 2.98. The number of hydrogen-bond donors (Lipinski definition) is 1. The first-order chi connectivity index (χ1) is 10.7. The number of nitrogens with zero attached hydrogens (tertiary/aromatic N) is 2. The second kappa shape index (κ2) is 6.57. The zero-order valence-electron chi connectivity index (χ0n) is 13.3. The van der Waals surface area contributed by atoms with Gasteiger partial charge in [0.15, 0.2) is 0 Å². The second-order valence-electron chi connectivity index (χ2n) is 6.29. The van der Waals surface area contributed by atoms with Crippen molar-refractivity contribution in [2.75, 3.05) is 19.6 Å². The summed E-state index contributed by atoms with van der Waals surface area (Å²) in [6, 6.07) is 0.579. The van der Waals surface area contributed by atoms with Crippen LogP contribution in [-0.2, 0) is 9.53 Å². The number of carbonyl (C=O) groups excluding carboxylic acids is 2. The van der Waals surface area contributed by atoms with Gasteiger partial charge in [0.25, 0.3) is 5.91 Å². The van der Waals surface area contributed by atoms with Crippen molar-refractivity contribution >= 4 is 29.3 Å². The first-order valence-electron chi connectivity index (χ1n) is 7.23. The summed E-state index contributed by atoms with van der Waals surface area (Å²) in [5.41, 5.74) is -0.189. The molecule has 2 rings (SSSR count). The van der Waals surface area contributed by atoms with E-state index in [1.807, 2.05) is 0 Å². The van der Waals surface area contributed by atoms with Gasteiger partial charge in [0, 0.05) is 18.5 Å².